The monoisotopic (exact) mass is 312 g/mol. The van der Waals surface area contributed by atoms with Crippen LogP contribution in [0.1, 0.15) is 38.5 Å². The molecule has 4 unspecified atom stereocenters. The van der Waals surface area contributed by atoms with Crippen LogP contribution >= 0.6 is 23.2 Å². The molecule has 8 bridgehead atoms. The lowest BCUT2D eigenvalue weighted by Crippen LogP contribution is -2.74. The molecule has 108 valence electrons. The number of hydrogen-bond donors (Lipinski definition) is 0. The standard InChI is InChI=1S/C16H18Cl2O2/c17-13(19)15-6-8-3-10-9(15)1-7-2-11(15)12(4-8)16(10,5-7)14(18)20/h7-12H,1-6H2. The SMILES string of the molecule is O=C(Cl)C12CC3CC4C1CC1CC2C(C3)C4(C(=O)Cl)C1. The summed E-state index contributed by atoms with van der Waals surface area (Å²) >= 11 is 12.3. The summed E-state index contributed by atoms with van der Waals surface area (Å²) in [5, 5.41) is -0.217. The molecule has 20 heavy (non-hydrogen) atoms. The van der Waals surface area contributed by atoms with E-state index in [1.807, 2.05) is 0 Å². The van der Waals surface area contributed by atoms with Crippen LogP contribution in [0.2, 0.25) is 0 Å². The maximum absolute atomic E-state index is 12.4. The van der Waals surface area contributed by atoms with Crippen LogP contribution in [0.5, 0.6) is 0 Å². The Kier molecular flexibility index (Phi) is 2.15. The van der Waals surface area contributed by atoms with Crippen molar-refractivity contribution in [3.8, 4) is 0 Å². The Morgan fingerprint density at radius 3 is 1.25 bits per heavy atom. The van der Waals surface area contributed by atoms with E-state index >= 15 is 0 Å². The van der Waals surface area contributed by atoms with Crippen molar-refractivity contribution >= 4 is 33.7 Å². The first-order chi connectivity index (χ1) is 9.50. The first-order valence-corrected chi connectivity index (χ1v) is 8.65. The summed E-state index contributed by atoms with van der Waals surface area (Å²) in [5.41, 5.74) is -0.602. The van der Waals surface area contributed by atoms with Crippen LogP contribution in [0.15, 0.2) is 0 Å². The molecule has 4 atom stereocenters. The molecule has 7 saturated carbocycles. The molecule has 0 aliphatic heterocycles. The smallest absolute Gasteiger partial charge is 0.228 e. The van der Waals surface area contributed by atoms with Crippen molar-refractivity contribution in [3.05, 3.63) is 0 Å². The third-order valence-electron chi connectivity index (χ3n) is 7.95. The van der Waals surface area contributed by atoms with Gasteiger partial charge in [0.25, 0.3) is 0 Å². The summed E-state index contributed by atoms with van der Waals surface area (Å²) in [5.74, 6) is 2.53. The quantitative estimate of drug-likeness (QED) is 0.730. The molecule has 0 amide bonds. The molecule has 0 saturated heterocycles. The third-order valence-corrected chi connectivity index (χ3v) is 8.66. The molecule has 0 spiro atoms. The number of carbonyl (C=O) groups excluding carboxylic acids is 2. The first-order valence-electron chi connectivity index (χ1n) is 7.90. The fourth-order valence-corrected chi connectivity index (χ4v) is 8.47. The Hall–Kier alpha value is -0.0800. The molecule has 0 aromatic carbocycles. The molecular weight excluding hydrogens is 295 g/mol. The highest BCUT2D eigenvalue weighted by molar-refractivity contribution is 6.65. The van der Waals surface area contributed by atoms with Gasteiger partial charge in [0.1, 0.15) is 0 Å². The summed E-state index contributed by atoms with van der Waals surface area (Å²) in [6, 6.07) is 0. The van der Waals surface area contributed by atoms with Gasteiger partial charge in [-0.1, -0.05) is 0 Å². The van der Waals surface area contributed by atoms with Crippen molar-refractivity contribution in [2.75, 3.05) is 0 Å². The highest BCUT2D eigenvalue weighted by Gasteiger charge is 2.78. The van der Waals surface area contributed by atoms with Crippen LogP contribution in [-0.4, -0.2) is 10.5 Å². The Labute approximate surface area is 128 Å². The van der Waals surface area contributed by atoms with E-state index in [2.05, 4.69) is 0 Å². The van der Waals surface area contributed by atoms with Crippen molar-refractivity contribution < 1.29 is 9.59 Å². The van der Waals surface area contributed by atoms with Gasteiger partial charge in [-0.05, 0) is 97.2 Å². The van der Waals surface area contributed by atoms with E-state index in [4.69, 9.17) is 23.2 Å². The van der Waals surface area contributed by atoms with E-state index in [0.717, 1.165) is 38.5 Å². The number of halogens is 2. The van der Waals surface area contributed by atoms with Crippen LogP contribution in [0, 0.1) is 46.3 Å². The van der Waals surface area contributed by atoms with Gasteiger partial charge in [0.05, 0.1) is 10.8 Å². The van der Waals surface area contributed by atoms with E-state index < -0.39 is 0 Å². The van der Waals surface area contributed by atoms with E-state index in [1.165, 1.54) is 0 Å². The molecule has 7 aliphatic carbocycles. The van der Waals surface area contributed by atoms with Crippen molar-refractivity contribution in [3.63, 3.8) is 0 Å². The summed E-state index contributed by atoms with van der Waals surface area (Å²) in [4.78, 5) is 24.7. The molecule has 0 aromatic heterocycles. The maximum Gasteiger partial charge on any atom is 0.228 e. The van der Waals surface area contributed by atoms with Gasteiger partial charge in [-0.15, -0.1) is 0 Å². The predicted molar refractivity (Wildman–Crippen MR) is 75.2 cm³/mol. The fourth-order valence-electron chi connectivity index (χ4n) is 7.75. The Bertz CT molecular complexity index is 471. The van der Waals surface area contributed by atoms with Crippen LogP contribution in [0.3, 0.4) is 0 Å². The van der Waals surface area contributed by atoms with Gasteiger partial charge in [-0.25, -0.2) is 0 Å². The van der Waals surface area contributed by atoms with Crippen molar-refractivity contribution in [2.24, 2.45) is 46.3 Å². The maximum atomic E-state index is 12.4. The van der Waals surface area contributed by atoms with Gasteiger partial charge in [-0.2, -0.15) is 0 Å². The lowest BCUT2D eigenvalue weighted by atomic mass is 9.27. The third kappa shape index (κ3) is 1.05. The van der Waals surface area contributed by atoms with Gasteiger partial charge in [0.2, 0.25) is 10.5 Å². The van der Waals surface area contributed by atoms with Gasteiger partial charge in [-0.3, -0.25) is 9.59 Å². The van der Waals surface area contributed by atoms with Crippen molar-refractivity contribution in [1.82, 2.24) is 0 Å². The minimum absolute atomic E-state index is 0.108. The zero-order valence-corrected chi connectivity index (χ0v) is 12.8. The largest absolute Gasteiger partial charge is 0.281 e. The molecule has 0 heterocycles. The van der Waals surface area contributed by atoms with E-state index in [-0.39, 0.29) is 21.3 Å². The summed E-state index contributed by atoms with van der Waals surface area (Å²) < 4.78 is 0. The molecule has 4 heteroatoms. The lowest BCUT2D eigenvalue weighted by molar-refractivity contribution is -0.273. The fraction of sp³-hybridized carbons (Fsp3) is 0.875. The second-order valence-corrected chi connectivity index (χ2v) is 8.82. The van der Waals surface area contributed by atoms with Crippen molar-refractivity contribution in [1.29, 1.82) is 0 Å². The average Bonchev–Trinajstić information content (AvgIpc) is 2.43. The average molecular weight is 313 g/mol. The highest BCUT2D eigenvalue weighted by Crippen LogP contribution is 2.80. The lowest BCUT2D eigenvalue weighted by Gasteiger charge is -2.76. The molecule has 2 nitrogen and oxygen atoms in total. The van der Waals surface area contributed by atoms with E-state index in [0.29, 0.717) is 35.5 Å². The molecule has 0 aromatic rings. The molecule has 0 N–H and O–H groups in total. The summed E-state index contributed by atoms with van der Waals surface area (Å²) in [6.07, 6.45) is 6.37. The molecule has 7 fully saturated rings. The molecular formula is C16H18Cl2O2. The first kappa shape index (κ1) is 12.5. The van der Waals surface area contributed by atoms with Gasteiger partial charge in [0, 0.05) is 0 Å². The molecule has 7 rings (SSSR count). The van der Waals surface area contributed by atoms with Crippen LogP contribution in [0.4, 0.5) is 0 Å². The highest BCUT2D eigenvalue weighted by atomic mass is 35.5. The van der Waals surface area contributed by atoms with Gasteiger partial charge in [0.15, 0.2) is 0 Å². The Morgan fingerprint density at radius 2 is 1.00 bits per heavy atom. The molecule has 0 radical (unpaired) electrons. The zero-order chi connectivity index (χ0) is 13.9. The zero-order valence-electron chi connectivity index (χ0n) is 11.3. The molecule has 7 aliphatic rings. The second kappa shape index (κ2) is 3.46. The van der Waals surface area contributed by atoms with Crippen molar-refractivity contribution in [2.45, 2.75) is 38.5 Å². The van der Waals surface area contributed by atoms with E-state index in [9.17, 15) is 9.59 Å². The number of carbonyl (C=O) groups is 2. The number of rotatable bonds is 2. The Morgan fingerprint density at radius 1 is 0.700 bits per heavy atom. The predicted octanol–water partition coefficient (Wildman–Crippen LogP) is 3.60. The summed E-state index contributed by atoms with van der Waals surface area (Å²) in [7, 11) is 0. The number of hydrogen-bond acceptors (Lipinski definition) is 2. The van der Waals surface area contributed by atoms with Gasteiger partial charge < -0.3 is 0 Å². The van der Waals surface area contributed by atoms with Crippen LogP contribution in [-0.2, 0) is 9.59 Å². The van der Waals surface area contributed by atoms with Gasteiger partial charge >= 0.3 is 0 Å². The minimum atomic E-state index is -0.301. The van der Waals surface area contributed by atoms with Crippen LogP contribution < -0.4 is 0 Å². The second-order valence-electron chi connectivity index (χ2n) is 8.14. The minimum Gasteiger partial charge on any atom is -0.281 e. The van der Waals surface area contributed by atoms with E-state index in [1.54, 1.807) is 0 Å². The topological polar surface area (TPSA) is 34.1 Å². The summed E-state index contributed by atoms with van der Waals surface area (Å²) in [6.45, 7) is 0. The normalized spacial score (nSPS) is 61.1. The Balaban J connectivity index is 1.76. The van der Waals surface area contributed by atoms with Crippen LogP contribution in [0.25, 0.3) is 0 Å².